The molecule has 5 nitrogen and oxygen atoms in total. The first-order chi connectivity index (χ1) is 13.9. The maximum absolute atomic E-state index is 12.6. The number of carbonyl (C=O) groups excluding carboxylic acids is 1. The number of anilines is 1. The van der Waals surface area contributed by atoms with Gasteiger partial charge in [0.1, 0.15) is 0 Å². The minimum absolute atomic E-state index is 0.461. The van der Waals surface area contributed by atoms with E-state index in [9.17, 15) is 13.2 Å². The van der Waals surface area contributed by atoms with Crippen LogP contribution in [0, 0.1) is 0 Å². The molecule has 0 heterocycles. The quantitative estimate of drug-likeness (QED) is 0.749. The first-order valence-electron chi connectivity index (χ1n) is 10.5. The van der Waals surface area contributed by atoms with E-state index in [0.717, 1.165) is 49.8 Å². The summed E-state index contributed by atoms with van der Waals surface area (Å²) in [5, 5.41) is 2.25. The molecule has 0 spiro atoms. The molecule has 0 aromatic heterocycles. The van der Waals surface area contributed by atoms with Crippen LogP contribution in [0.25, 0.3) is 0 Å². The number of amides is 2. The fourth-order valence-electron chi connectivity index (χ4n) is 4.51. The van der Waals surface area contributed by atoms with E-state index in [1.165, 1.54) is 22.3 Å². The molecule has 2 aliphatic rings. The first-order valence-corrected chi connectivity index (χ1v) is 12.0. The van der Waals surface area contributed by atoms with Gasteiger partial charge in [-0.2, -0.15) is 0 Å². The van der Waals surface area contributed by atoms with Gasteiger partial charge in [0.2, 0.25) is 10.0 Å². The van der Waals surface area contributed by atoms with Crippen molar-refractivity contribution in [1.82, 2.24) is 4.72 Å². The summed E-state index contributed by atoms with van der Waals surface area (Å²) < 4.78 is 27.5. The number of aryl methyl sites for hydroxylation is 3. The number of carbonyl (C=O) groups is 1. The van der Waals surface area contributed by atoms with Gasteiger partial charge in [0.15, 0.2) is 0 Å². The second kappa shape index (κ2) is 8.19. The Labute approximate surface area is 173 Å². The van der Waals surface area contributed by atoms with Gasteiger partial charge in [-0.1, -0.05) is 36.4 Å². The molecule has 0 saturated heterocycles. The number of sulfonamides is 1. The lowest BCUT2D eigenvalue weighted by Crippen LogP contribution is -2.40. The van der Waals surface area contributed by atoms with Crippen LogP contribution in [0.15, 0.2) is 36.4 Å². The van der Waals surface area contributed by atoms with Crippen LogP contribution < -0.4 is 10.0 Å². The third kappa shape index (κ3) is 4.32. The van der Waals surface area contributed by atoms with Crippen molar-refractivity contribution >= 4 is 21.7 Å². The Morgan fingerprint density at radius 1 is 1.00 bits per heavy atom. The first kappa shape index (κ1) is 20.0. The molecule has 0 aliphatic heterocycles. The molecule has 2 aliphatic carbocycles. The molecule has 6 heteroatoms. The lowest BCUT2D eigenvalue weighted by Gasteiger charge is -2.18. The van der Waals surface area contributed by atoms with E-state index < -0.39 is 21.3 Å². The fraction of sp³-hybridized carbons (Fsp3) is 0.435. The average molecular weight is 413 g/mol. The fourth-order valence-corrected chi connectivity index (χ4v) is 5.44. The van der Waals surface area contributed by atoms with Gasteiger partial charge in [0.25, 0.3) is 0 Å². The van der Waals surface area contributed by atoms with Gasteiger partial charge in [-0.3, -0.25) is 0 Å². The molecular formula is C23H28N2O3S. The van der Waals surface area contributed by atoms with Gasteiger partial charge < -0.3 is 5.32 Å². The van der Waals surface area contributed by atoms with Crippen LogP contribution in [0.3, 0.4) is 0 Å². The van der Waals surface area contributed by atoms with E-state index in [1.807, 2.05) is 30.3 Å². The molecule has 0 saturated carbocycles. The smallest absolute Gasteiger partial charge is 0.307 e. The molecule has 4 rings (SSSR count). The van der Waals surface area contributed by atoms with Gasteiger partial charge in [0.05, 0.1) is 5.25 Å². The topological polar surface area (TPSA) is 75.3 Å². The van der Waals surface area contributed by atoms with Gasteiger partial charge in [-0.05, 0) is 86.1 Å². The molecule has 154 valence electrons. The Morgan fingerprint density at radius 3 is 2.24 bits per heavy atom. The summed E-state index contributed by atoms with van der Waals surface area (Å²) >= 11 is 0. The Balaban J connectivity index is 1.43. The Kier molecular flexibility index (Phi) is 5.63. The number of hydrogen-bond donors (Lipinski definition) is 2. The molecular weight excluding hydrogens is 384 g/mol. The summed E-state index contributed by atoms with van der Waals surface area (Å²) in [5.41, 5.74) is 6.94. The number of fused-ring (bicyclic) bond motifs is 2. The highest BCUT2D eigenvalue weighted by Gasteiger charge is 2.27. The van der Waals surface area contributed by atoms with E-state index in [2.05, 4.69) is 16.1 Å². The van der Waals surface area contributed by atoms with Crippen LogP contribution in [0.4, 0.5) is 10.5 Å². The van der Waals surface area contributed by atoms with Crippen LogP contribution >= 0.6 is 0 Å². The SMILES string of the molecule is CC(CCc1ccccc1)S(=O)(=O)NC(=O)Nc1c2c(cc3c1CCC3)CCC2. The highest BCUT2D eigenvalue weighted by Crippen LogP contribution is 2.38. The van der Waals surface area contributed by atoms with E-state index in [4.69, 9.17) is 0 Å². The molecule has 0 bridgehead atoms. The van der Waals surface area contributed by atoms with Crippen molar-refractivity contribution in [3.63, 3.8) is 0 Å². The van der Waals surface area contributed by atoms with Crippen LogP contribution in [0.2, 0.25) is 0 Å². The highest BCUT2D eigenvalue weighted by atomic mass is 32.2. The molecule has 0 radical (unpaired) electrons. The largest absolute Gasteiger partial charge is 0.332 e. The number of benzene rings is 2. The molecule has 1 unspecified atom stereocenters. The molecule has 2 aromatic carbocycles. The maximum Gasteiger partial charge on any atom is 0.332 e. The van der Waals surface area contributed by atoms with Gasteiger partial charge in [-0.25, -0.2) is 17.9 Å². The molecule has 2 amide bonds. The van der Waals surface area contributed by atoms with Crippen molar-refractivity contribution < 1.29 is 13.2 Å². The third-order valence-electron chi connectivity index (χ3n) is 6.16. The van der Waals surface area contributed by atoms with Gasteiger partial charge in [-0.15, -0.1) is 0 Å². The zero-order valence-electron chi connectivity index (χ0n) is 16.8. The summed E-state index contributed by atoms with van der Waals surface area (Å²) in [5.74, 6) is 0. The summed E-state index contributed by atoms with van der Waals surface area (Å²) in [4.78, 5) is 12.6. The van der Waals surface area contributed by atoms with Gasteiger partial charge >= 0.3 is 6.03 Å². The molecule has 1 atom stereocenters. The normalized spacial score (nSPS) is 16.2. The maximum atomic E-state index is 12.6. The predicted octanol–water partition coefficient (Wildman–Crippen LogP) is 4.14. The monoisotopic (exact) mass is 412 g/mol. The average Bonchev–Trinajstić information content (AvgIpc) is 3.35. The van der Waals surface area contributed by atoms with Gasteiger partial charge in [0, 0.05) is 5.69 Å². The van der Waals surface area contributed by atoms with Crippen LogP contribution in [-0.4, -0.2) is 19.7 Å². The molecule has 29 heavy (non-hydrogen) atoms. The summed E-state index contributed by atoms with van der Waals surface area (Å²) in [6.45, 7) is 1.65. The second-order valence-corrected chi connectivity index (χ2v) is 10.3. The lowest BCUT2D eigenvalue weighted by molar-refractivity contribution is 0.256. The van der Waals surface area contributed by atoms with Crippen molar-refractivity contribution in [1.29, 1.82) is 0 Å². The van der Waals surface area contributed by atoms with Crippen molar-refractivity contribution in [2.45, 2.75) is 63.5 Å². The van der Waals surface area contributed by atoms with Crippen molar-refractivity contribution in [2.75, 3.05) is 5.32 Å². The second-order valence-electron chi connectivity index (χ2n) is 8.17. The summed E-state index contributed by atoms with van der Waals surface area (Å²) in [7, 11) is -3.74. The van der Waals surface area contributed by atoms with E-state index in [-0.39, 0.29) is 0 Å². The van der Waals surface area contributed by atoms with Crippen LogP contribution in [0.1, 0.15) is 54.0 Å². The lowest BCUT2D eigenvalue weighted by atomic mass is 9.99. The Morgan fingerprint density at radius 2 is 1.62 bits per heavy atom. The Bertz CT molecular complexity index is 984. The Hall–Kier alpha value is -2.34. The minimum Gasteiger partial charge on any atom is -0.307 e. The zero-order valence-corrected chi connectivity index (χ0v) is 17.6. The molecule has 0 fully saturated rings. The van der Waals surface area contributed by atoms with Crippen molar-refractivity contribution in [3.8, 4) is 0 Å². The van der Waals surface area contributed by atoms with Crippen LogP contribution in [0.5, 0.6) is 0 Å². The predicted molar refractivity (Wildman–Crippen MR) is 116 cm³/mol. The number of rotatable bonds is 6. The number of urea groups is 1. The summed E-state index contributed by atoms with van der Waals surface area (Å²) in [6.07, 6.45) is 7.25. The van der Waals surface area contributed by atoms with E-state index >= 15 is 0 Å². The highest BCUT2D eigenvalue weighted by molar-refractivity contribution is 7.90. The zero-order chi connectivity index (χ0) is 20.4. The molecule has 2 N–H and O–H groups in total. The van der Waals surface area contributed by atoms with E-state index in [0.29, 0.717) is 12.8 Å². The van der Waals surface area contributed by atoms with Crippen LogP contribution in [-0.2, 0) is 42.1 Å². The van der Waals surface area contributed by atoms with E-state index in [1.54, 1.807) is 6.92 Å². The number of hydrogen-bond acceptors (Lipinski definition) is 3. The van der Waals surface area contributed by atoms with Crippen molar-refractivity contribution in [3.05, 3.63) is 64.2 Å². The standard InChI is InChI=1S/C23H28N2O3S/c1-16(13-14-17-7-3-2-4-8-17)29(27,28)25-23(26)24-22-20-11-5-9-18(20)15-19-10-6-12-21(19)22/h2-4,7-8,15-16H,5-6,9-14H2,1H3,(H2,24,25,26). The molecule has 2 aromatic rings. The number of nitrogens with one attached hydrogen (secondary N) is 2. The van der Waals surface area contributed by atoms with Crippen molar-refractivity contribution in [2.24, 2.45) is 0 Å². The minimum atomic E-state index is -3.74. The third-order valence-corrected chi connectivity index (χ3v) is 7.92. The summed E-state index contributed by atoms with van der Waals surface area (Å²) in [6, 6.07) is 11.4.